The summed E-state index contributed by atoms with van der Waals surface area (Å²) in [5, 5.41) is 2.91. The van der Waals surface area contributed by atoms with Gasteiger partial charge in [0.25, 0.3) is 15.9 Å². The zero-order valence-electron chi connectivity index (χ0n) is 18.6. The van der Waals surface area contributed by atoms with Crippen molar-refractivity contribution in [3.63, 3.8) is 0 Å². The number of sulfonamides is 1. The third-order valence-electron chi connectivity index (χ3n) is 5.64. The van der Waals surface area contributed by atoms with Crippen molar-refractivity contribution in [2.45, 2.75) is 11.4 Å². The van der Waals surface area contributed by atoms with E-state index in [1.54, 1.807) is 24.3 Å². The Balaban J connectivity index is 1.39. The van der Waals surface area contributed by atoms with Gasteiger partial charge in [0, 0.05) is 49.7 Å². The fraction of sp³-hybridized carbons (Fsp3) is 0.240. The van der Waals surface area contributed by atoms with Crippen LogP contribution in [0, 0.1) is 0 Å². The number of benzene rings is 3. The van der Waals surface area contributed by atoms with Crippen LogP contribution < -0.4 is 10.0 Å². The van der Waals surface area contributed by atoms with Crippen molar-refractivity contribution in [2.24, 2.45) is 0 Å². The Kier molecular flexibility index (Phi) is 7.08. The van der Waals surface area contributed by atoms with Crippen LogP contribution >= 0.6 is 0 Å². The van der Waals surface area contributed by atoms with Gasteiger partial charge in [-0.2, -0.15) is 0 Å². The Morgan fingerprint density at radius 1 is 0.848 bits per heavy atom. The largest absolute Gasteiger partial charge is 0.322 e. The average molecular weight is 465 g/mol. The minimum atomic E-state index is -3.73. The van der Waals surface area contributed by atoms with Gasteiger partial charge in [-0.05, 0) is 61.1 Å². The lowest BCUT2D eigenvalue weighted by Crippen LogP contribution is -2.43. The number of amides is 1. The second-order valence-electron chi connectivity index (χ2n) is 8.23. The molecule has 0 atom stereocenters. The molecule has 2 N–H and O–H groups in total. The SMILES string of the molecule is CN1CCN(Cc2cccc(NC(=O)c3ccc(S(=O)(=O)Nc4ccccc4)cc3)c2)CC1. The molecule has 172 valence electrons. The van der Waals surface area contributed by atoms with Gasteiger partial charge < -0.3 is 10.2 Å². The van der Waals surface area contributed by atoms with E-state index in [1.807, 2.05) is 24.3 Å². The second kappa shape index (κ2) is 10.2. The summed E-state index contributed by atoms with van der Waals surface area (Å²) >= 11 is 0. The second-order valence-corrected chi connectivity index (χ2v) is 9.91. The monoisotopic (exact) mass is 464 g/mol. The molecule has 1 saturated heterocycles. The van der Waals surface area contributed by atoms with Gasteiger partial charge in [-0.3, -0.25) is 14.4 Å². The third-order valence-corrected chi connectivity index (χ3v) is 7.04. The molecule has 8 heteroatoms. The molecular weight excluding hydrogens is 436 g/mol. The number of hydrogen-bond donors (Lipinski definition) is 2. The quantitative estimate of drug-likeness (QED) is 0.560. The molecule has 33 heavy (non-hydrogen) atoms. The number of rotatable bonds is 7. The molecule has 0 saturated carbocycles. The van der Waals surface area contributed by atoms with Crippen molar-refractivity contribution in [1.82, 2.24) is 9.80 Å². The lowest BCUT2D eigenvalue weighted by Gasteiger charge is -2.32. The summed E-state index contributed by atoms with van der Waals surface area (Å²) < 4.78 is 27.7. The molecule has 3 aromatic rings. The van der Waals surface area contributed by atoms with Gasteiger partial charge >= 0.3 is 0 Å². The van der Waals surface area contributed by atoms with Gasteiger partial charge in [-0.25, -0.2) is 8.42 Å². The van der Waals surface area contributed by atoms with E-state index >= 15 is 0 Å². The standard InChI is InChI=1S/C25H28N4O3S/c1-28-14-16-29(17-15-28)19-20-6-5-9-23(18-20)26-25(30)21-10-12-24(13-11-21)33(31,32)27-22-7-3-2-4-8-22/h2-13,18,27H,14-17,19H2,1H3,(H,26,30). The van der Waals surface area contributed by atoms with Crippen LogP contribution in [0.5, 0.6) is 0 Å². The number of para-hydroxylation sites is 1. The van der Waals surface area contributed by atoms with E-state index in [0.29, 0.717) is 16.9 Å². The van der Waals surface area contributed by atoms with Crippen LogP contribution in [0.15, 0.2) is 83.8 Å². The van der Waals surface area contributed by atoms with Crippen LogP contribution in [0.4, 0.5) is 11.4 Å². The summed E-state index contributed by atoms with van der Waals surface area (Å²) in [6.45, 7) is 5.02. The van der Waals surface area contributed by atoms with Crippen molar-refractivity contribution in [1.29, 1.82) is 0 Å². The van der Waals surface area contributed by atoms with Gasteiger partial charge in [0.1, 0.15) is 0 Å². The molecule has 1 aliphatic rings. The highest BCUT2D eigenvalue weighted by molar-refractivity contribution is 7.92. The van der Waals surface area contributed by atoms with Crippen LogP contribution in [0.2, 0.25) is 0 Å². The van der Waals surface area contributed by atoms with E-state index in [1.165, 1.54) is 24.3 Å². The highest BCUT2D eigenvalue weighted by atomic mass is 32.2. The van der Waals surface area contributed by atoms with Gasteiger partial charge in [-0.1, -0.05) is 30.3 Å². The first kappa shape index (κ1) is 23.0. The number of carbonyl (C=O) groups is 1. The number of anilines is 2. The average Bonchev–Trinajstić information content (AvgIpc) is 2.81. The lowest BCUT2D eigenvalue weighted by molar-refractivity contribution is 0.102. The Labute approximate surface area is 195 Å². The number of nitrogens with one attached hydrogen (secondary N) is 2. The molecule has 3 aromatic carbocycles. The molecule has 0 aliphatic carbocycles. The maximum Gasteiger partial charge on any atom is 0.261 e. The predicted octanol–water partition coefficient (Wildman–Crippen LogP) is 3.49. The van der Waals surface area contributed by atoms with E-state index in [2.05, 4.69) is 33.0 Å². The topological polar surface area (TPSA) is 81.8 Å². The van der Waals surface area contributed by atoms with Crippen molar-refractivity contribution >= 4 is 27.3 Å². The number of carbonyl (C=O) groups excluding carboxylic acids is 1. The maximum atomic E-state index is 12.7. The molecule has 7 nitrogen and oxygen atoms in total. The van der Waals surface area contributed by atoms with Gasteiger partial charge in [0.15, 0.2) is 0 Å². The van der Waals surface area contributed by atoms with Crippen molar-refractivity contribution < 1.29 is 13.2 Å². The Morgan fingerprint density at radius 2 is 1.52 bits per heavy atom. The molecular formula is C25H28N4O3S. The lowest BCUT2D eigenvalue weighted by atomic mass is 10.1. The molecule has 1 heterocycles. The maximum absolute atomic E-state index is 12.7. The van der Waals surface area contributed by atoms with Gasteiger partial charge in [0.2, 0.25) is 0 Å². The minimum absolute atomic E-state index is 0.0945. The molecule has 0 aromatic heterocycles. The fourth-order valence-electron chi connectivity index (χ4n) is 3.72. The zero-order valence-corrected chi connectivity index (χ0v) is 19.4. The Hall–Kier alpha value is -3.20. The van der Waals surface area contributed by atoms with E-state index < -0.39 is 10.0 Å². The van der Waals surface area contributed by atoms with Crippen LogP contribution in [-0.2, 0) is 16.6 Å². The smallest absolute Gasteiger partial charge is 0.261 e. The zero-order chi connectivity index (χ0) is 23.3. The van der Waals surface area contributed by atoms with Crippen LogP contribution in [0.3, 0.4) is 0 Å². The molecule has 1 fully saturated rings. The van der Waals surface area contributed by atoms with Crippen molar-refractivity contribution in [2.75, 3.05) is 43.3 Å². The summed E-state index contributed by atoms with van der Waals surface area (Å²) in [7, 11) is -1.59. The molecule has 1 amide bonds. The molecule has 0 radical (unpaired) electrons. The molecule has 0 spiro atoms. The van der Waals surface area contributed by atoms with Crippen LogP contribution in [-0.4, -0.2) is 57.4 Å². The third kappa shape index (κ3) is 6.19. The van der Waals surface area contributed by atoms with Crippen LogP contribution in [0.1, 0.15) is 15.9 Å². The minimum Gasteiger partial charge on any atom is -0.322 e. The Morgan fingerprint density at radius 3 is 2.21 bits per heavy atom. The van der Waals surface area contributed by atoms with Crippen LogP contribution in [0.25, 0.3) is 0 Å². The van der Waals surface area contributed by atoms with Crippen molar-refractivity contribution in [3.8, 4) is 0 Å². The van der Waals surface area contributed by atoms with Crippen molar-refractivity contribution in [3.05, 3.63) is 90.0 Å². The van der Waals surface area contributed by atoms with E-state index in [0.717, 1.165) is 38.3 Å². The summed E-state index contributed by atoms with van der Waals surface area (Å²) in [4.78, 5) is 17.5. The summed E-state index contributed by atoms with van der Waals surface area (Å²) in [6, 6.07) is 22.4. The van der Waals surface area contributed by atoms with Gasteiger partial charge in [-0.15, -0.1) is 0 Å². The molecule has 0 unspecified atom stereocenters. The highest BCUT2D eigenvalue weighted by Crippen LogP contribution is 2.18. The predicted molar refractivity (Wildman–Crippen MR) is 131 cm³/mol. The summed E-state index contributed by atoms with van der Waals surface area (Å²) in [5.74, 6) is -0.285. The number of nitrogens with zero attached hydrogens (tertiary/aromatic N) is 2. The molecule has 1 aliphatic heterocycles. The summed E-state index contributed by atoms with van der Waals surface area (Å²) in [5.41, 5.74) is 2.73. The van der Waals surface area contributed by atoms with E-state index in [-0.39, 0.29) is 10.8 Å². The van der Waals surface area contributed by atoms with E-state index in [9.17, 15) is 13.2 Å². The summed E-state index contributed by atoms with van der Waals surface area (Å²) in [6.07, 6.45) is 0. The number of piperazine rings is 1. The Bertz CT molecular complexity index is 1190. The fourth-order valence-corrected chi connectivity index (χ4v) is 4.78. The number of hydrogen-bond acceptors (Lipinski definition) is 5. The first-order valence-electron chi connectivity index (χ1n) is 10.9. The molecule has 0 bridgehead atoms. The highest BCUT2D eigenvalue weighted by Gasteiger charge is 2.16. The normalized spacial score (nSPS) is 15.2. The molecule has 4 rings (SSSR count). The van der Waals surface area contributed by atoms with E-state index in [4.69, 9.17) is 0 Å². The number of likely N-dealkylation sites (N-methyl/N-ethyl adjacent to an activating group) is 1. The first-order valence-corrected chi connectivity index (χ1v) is 12.4. The first-order chi connectivity index (χ1) is 15.9. The van der Waals surface area contributed by atoms with Gasteiger partial charge in [0.05, 0.1) is 4.90 Å².